The lowest BCUT2D eigenvalue weighted by molar-refractivity contribution is -0.137. The summed E-state index contributed by atoms with van der Waals surface area (Å²) in [6.45, 7) is 3.69. The van der Waals surface area contributed by atoms with Crippen LogP contribution in [0, 0.1) is 11.2 Å². The lowest BCUT2D eigenvalue weighted by Gasteiger charge is -2.39. The van der Waals surface area contributed by atoms with Crippen LogP contribution in [0.25, 0.3) is 5.70 Å². The van der Waals surface area contributed by atoms with Crippen molar-refractivity contribution < 1.29 is 37.1 Å². The van der Waals surface area contributed by atoms with E-state index in [1.165, 1.54) is 39.9 Å². The topological polar surface area (TPSA) is 132 Å². The maximum atomic E-state index is 14.5. The molecule has 4 atom stereocenters. The first kappa shape index (κ1) is 33.8. The van der Waals surface area contributed by atoms with Crippen molar-refractivity contribution in [3.05, 3.63) is 101 Å². The van der Waals surface area contributed by atoms with Crippen molar-refractivity contribution in [1.29, 1.82) is 5.41 Å². The molecule has 1 unspecified atom stereocenters. The second-order valence-corrected chi connectivity index (χ2v) is 12.3. The molecule has 256 valence electrons. The Kier molecular flexibility index (Phi) is 9.01. The second-order valence-electron chi connectivity index (χ2n) is 12.3. The van der Waals surface area contributed by atoms with E-state index < -0.39 is 59.4 Å². The highest BCUT2D eigenvalue weighted by molar-refractivity contribution is 6.08. The zero-order chi connectivity index (χ0) is 35.2. The fourth-order valence-corrected chi connectivity index (χ4v) is 6.85. The van der Waals surface area contributed by atoms with E-state index in [2.05, 4.69) is 5.32 Å². The van der Waals surface area contributed by atoms with Gasteiger partial charge < -0.3 is 20.7 Å². The van der Waals surface area contributed by atoms with Gasteiger partial charge >= 0.3 is 6.18 Å². The number of aromatic nitrogens is 2. The molecular weight excluding hydrogens is 644 g/mol. The molecule has 0 radical (unpaired) electrons. The molecule has 2 aromatic carbocycles. The lowest BCUT2D eigenvalue weighted by atomic mass is 9.80. The molecule has 0 saturated carbocycles. The molecule has 0 bridgehead atoms. The quantitative estimate of drug-likeness (QED) is 0.235. The average molecular weight is 679 g/mol. The molecule has 3 amide bonds. The van der Waals surface area contributed by atoms with Gasteiger partial charge in [-0.25, -0.2) is 9.07 Å². The minimum Gasteiger partial charge on any atom is -0.389 e. The largest absolute Gasteiger partial charge is 0.416 e. The standard InChI is InChI=1S/C35H34F4N6O4/c1-3-43-32-28(30(34(49)44-16-6-11-26(44)19(2)40)42-45(32)24-9-5-10-25(46)18-24)27(20-12-14-23(36)15-13-20)29(33(43)48)41-31(47)21-7-4-8-22(17-21)35(37,38)39/h4-5,7-10,12-15,17,25-27,29,40,46H,3,6,11,16,18H2,1-2H3,(H,41,47)/t25?,26-,27+,29+/m0/s1. The zero-order valence-corrected chi connectivity index (χ0v) is 26.7. The number of benzene rings is 2. The fraction of sp³-hybridized carbons (Fsp3) is 0.343. The van der Waals surface area contributed by atoms with Crippen molar-refractivity contribution in [3.8, 4) is 0 Å². The summed E-state index contributed by atoms with van der Waals surface area (Å²) in [5.41, 5.74) is -0.104. The van der Waals surface area contributed by atoms with Crippen LogP contribution < -0.4 is 10.2 Å². The van der Waals surface area contributed by atoms with Gasteiger partial charge in [0.2, 0.25) is 0 Å². The molecule has 3 aromatic rings. The molecular formula is C35H34F4N6O4. The monoisotopic (exact) mass is 678 g/mol. The summed E-state index contributed by atoms with van der Waals surface area (Å²) >= 11 is 0. The van der Waals surface area contributed by atoms with Crippen molar-refractivity contribution in [2.75, 3.05) is 18.0 Å². The first-order valence-corrected chi connectivity index (χ1v) is 15.9. The van der Waals surface area contributed by atoms with Crippen molar-refractivity contribution in [1.82, 2.24) is 20.0 Å². The number of carbonyl (C=O) groups is 3. The van der Waals surface area contributed by atoms with Crippen LogP contribution in [0.2, 0.25) is 0 Å². The van der Waals surface area contributed by atoms with E-state index in [0.29, 0.717) is 36.7 Å². The highest BCUT2D eigenvalue weighted by atomic mass is 19.4. The van der Waals surface area contributed by atoms with Gasteiger partial charge in [0, 0.05) is 48.0 Å². The highest BCUT2D eigenvalue weighted by Crippen LogP contribution is 2.45. The number of likely N-dealkylation sites (tertiary alicyclic amines) is 1. The molecule has 3 aliphatic rings. The van der Waals surface area contributed by atoms with E-state index in [1.807, 2.05) is 0 Å². The summed E-state index contributed by atoms with van der Waals surface area (Å²) in [7, 11) is 0. The molecule has 6 rings (SSSR count). The predicted octanol–water partition coefficient (Wildman–Crippen LogP) is 5.14. The first-order chi connectivity index (χ1) is 23.3. The predicted molar refractivity (Wildman–Crippen MR) is 173 cm³/mol. The summed E-state index contributed by atoms with van der Waals surface area (Å²) in [4.78, 5) is 45.5. The Hall–Kier alpha value is -5.11. The molecule has 14 heteroatoms. The summed E-state index contributed by atoms with van der Waals surface area (Å²) in [5.74, 6) is -3.61. The smallest absolute Gasteiger partial charge is 0.389 e. The van der Waals surface area contributed by atoms with Gasteiger partial charge in [-0.3, -0.25) is 19.3 Å². The Bertz CT molecular complexity index is 1880. The summed E-state index contributed by atoms with van der Waals surface area (Å²) in [6.07, 6.45) is 0.639. The third-order valence-electron chi connectivity index (χ3n) is 9.14. The van der Waals surface area contributed by atoms with E-state index in [0.717, 1.165) is 12.1 Å². The van der Waals surface area contributed by atoms with Gasteiger partial charge in [-0.1, -0.05) is 30.4 Å². The summed E-state index contributed by atoms with van der Waals surface area (Å²) in [5, 5.41) is 26.2. The van der Waals surface area contributed by atoms with E-state index in [9.17, 15) is 37.1 Å². The van der Waals surface area contributed by atoms with E-state index in [-0.39, 0.29) is 41.3 Å². The van der Waals surface area contributed by atoms with Crippen LogP contribution in [-0.2, 0) is 11.0 Å². The number of amides is 3. The van der Waals surface area contributed by atoms with Gasteiger partial charge in [0.1, 0.15) is 17.7 Å². The number of hydrogen-bond acceptors (Lipinski definition) is 6. The Labute approximate surface area is 279 Å². The lowest BCUT2D eigenvalue weighted by Crippen LogP contribution is -2.55. The molecule has 10 nitrogen and oxygen atoms in total. The van der Waals surface area contributed by atoms with Gasteiger partial charge in [0.15, 0.2) is 5.69 Å². The van der Waals surface area contributed by atoms with Gasteiger partial charge in [-0.2, -0.15) is 18.3 Å². The maximum Gasteiger partial charge on any atom is 0.416 e. The van der Waals surface area contributed by atoms with Crippen molar-refractivity contribution in [3.63, 3.8) is 0 Å². The summed E-state index contributed by atoms with van der Waals surface area (Å²) in [6, 6.07) is 7.04. The van der Waals surface area contributed by atoms with Crippen LogP contribution in [0.4, 0.5) is 23.4 Å². The first-order valence-electron chi connectivity index (χ1n) is 15.9. The zero-order valence-electron chi connectivity index (χ0n) is 26.7. The number of allylic oxidation sites excluding steroid dienone is 2. The second kappa shape index (κ2) is 13.1. The number of alkyl halides is 3. The number of nitrogens with zero attached hydrogens (tertiary/aromatic N) is 4. The number of aliphatic hydroxyl groups is 1. The maximum absolute atomic E-state index is 14.5. The normalized spacial score (nSPS) is 22.2. The number of anilines is 1. The number of likely N-dealkylation sites (N-methyl/N-ethyl adjacent to an activating group) is 1. The van der Waals surface area contributed by atoms with Crippen LogP contribution in [0.5, 0.6) is 0 Å². The van der Waals surface area contributed by atoms with E-state index in [1.54, 1.807) is 37.0 Å². The molecule has 2 aliphatic heterocycles. The molecule has 49 heavy (non-hydrogen) atoms. The number of fused-ring (bicyclic) bond motifs is 1. The molecule has 1 saturated heterocycles. The Morgan fingerprint density at radius 3 is 2.53 bits per heavy atom. The van der Waals surface area contributed by atoms with Crippen LogP contribution >= 0.6 is 0 Å². The summed E-state index contributed by atoms with van der Waals surface area (Å²) < 4.78 is 56.3. The molecule has 1 fully saturated rings. The number of rotatable bonds is 7. The highest BCUT2D eigenvalue weighted by Gasteiger charge is 2.48. The van der Waals surface area contributed by atoms with E-state index >= 15 is 0 Å². The number of nitrogens with one attached hydrogen (secondary N) is 2. The van der Waals surface area contributed by atoms with Crippen molar-refractivity contribution >= 4 is 34.9 Å². The Morgan fingerprint density at radius 1 is 1.14 bits per heavy atom. The number of hydrogen-bond donors (Lipinski definition) is 3. The molecule has 1 aromatic heterocycles. The fourth-order valence-electron chi connectivity index (χ4n) is 6.85. The Balaban J connectivity index is 1.56. The molecule has 3 heterocycles. The van der Waals surface area contributed by atoms with Gasteiger partial charge in [-0.05, 0) is 68.7 Å². The molecule has 3 N–H and O–H groups in total. The number of aliphatic hydroxyl groups excluding tert-OH is 1. The third kappa shape index (κ3) is 6.28. The third-order valence-corrected chi connectivity index (χ3v) is 9.14. The minimum absolute atomic E-state index is 0.0504. The van der Waals surface area contributed by atoms with Gasteiger partial charge in [0.25, 0.3) is 17.7 Å². The van der Waals surface area contributed by atoms with E-state index in [4.69, 9.17) is 10.5 Å². The van der Waals surface area contributed by atoms with Crippen LogP contribution in [0.1, 0.15) is 76.6 Å². The van der Waals surface area contributed by atoms with Crippen LogP contribution in [-0.4, -0.2) is 74.5 Å². The van der Waals surface area contributed by atoms with Crippen LogP contribution in [0.15, 0.2) is 66.8 Å². The van der Waals surface area contributed by atoms with Crippen LogP contribution in [0.3, 0.4) is 0 Å². The van der Waals surface area contributed by atoms with Crippen molar-refractivity contribution in [2.45, 2.75) is 63.4 Å². The number of carbonyl (C=O) groups excluding carboxylic acids is 3. The molecule has 1 aliphatic carbocycles. The average Bonchev–Trinajstić information content (AvgIpc) is 3.72. The van der Waals surface area contributed by atoms with Crippen molar-refractivity contribution in [2.24, 2.45) is 0 Å². The number of halogens is 4. The molecule has 0 spiro atoms. The van der Waals surface area contributed by atoms with Gasteiger partial charge in [-0.15, -0.1) is 0 Å². The SMILES string of the molecule is CCN1C(=O)[C@H](NC(=O)c2cccc(C(F)(F)F)c2)[C@H](c2ccc(F)cc2)c2c(C(=O)N3CCC[C@H]3C(C)=N)nn(C3=CC=CC(O)C3)c21. The Morgan fingerprint density at radius 2 is 1.88 bits per heavy atom. The van der Waals surface area contributed by atoms with Gasteiger partial charge in [0.05, 0.1) is 17.7 Å². The minimum atomic E-state index is -4.72.